The van der Waals surface area contributed by atoms with Gasteiger partial charge in [-0.2, -0.15) is 4.31 Å². The van der Waals surface area contributed by atoms with Crippen molar-refractivity contribution in [3.05, 3.63) is 30.7 Å². The quantitative estimate of drug-likeness (QED) is 0.826. The van der Waals surface area contributed by atoms with Crippen molar-refractivity contribution in [1.29, 1.82) is 0 Å². The summed E-state index contributed by atoms with van der Waals surface area (Å²) in [6.45, 7) is 6.47. The fourth-order valence-corrected chi connectivity index (χ4v) is 4.53. The third kappa shape index (κ3) is 4.05. The number of halogens is 1. The van der Waals surface area contributed by atoms with Crippen LogP contribution in [-0.2, 0) is 23.6 Å². The van der Waals surface area contributed by atoms with Gasteiger partial charge >= 0.3 is 0 Å². The van der Waals surface area contributed by atoms with Crippen molar-refractivity contribution in [1.82, 2.24) is 28.7 Å². The van der Waals surface area contributed by atoms with E-state index in [1.807, 2.05) is 22.4 Å². The van der Waals surface area contributed by atoms with Crippen molar-refractivity contribution in [2.75, 3.05) is 19.6 Å². The van der Waals surface area contributed by atoms with Gasteiger partial charge in [-0.25, -0.2) is 18.4 Å². The molecule has 0 aliphatic carbocycles. The Morgan fingerprint density at radius 2 is 2.12 bits per heavy atom. The van der Waals surface area contributed by atoms with E-state index >= 15 is 0 Å². The minimum absolute atomic E-state index is 0. The molecule has 0 amide bonds. The van der Waals surface area contributed by atoms with Crippen LogP contribution in [-0.4, -0.2) is 51.5 Å². The third-order valence-electron chi connectivity index (χ3n) is 4.11. The maximum Gasteiger partial charge on any atom is 0.262 e. The summed E-state index contributed by atoms with van der Waals surface area (Å²) in [5, 5.41) is 3.35. The summed E-state index contributed by atoms with van der Waals surface area (Å²) in [5.41, 5.74) is 0. The average Bonchev–Trinajstić information content (AvgIpc) is 3.16. The maximum absolute atomic E-state index is 13.1. The van der Waals surface area contributed by atoms with E-state index < -0.39 is 10.0 Å². The lowest BCUT2D eigenvalue weighted by atomic mass is 10.2. The van der Waals surface area contributed by atoms with Crippen LogP contribution in [0.3, 0.4) is 0 Å². The molecule has 1 fully saturated rings. The van der Waals surface area contributed by atoms with Gasteiger partial charge in [0.05, 0.1) is 12.4 Å². The number of piperazine rings is 1. The summed E-state index contributed by atoms with van der Waals surface area (Å²) < 4.78 is 31.4. The number of sulfonamides is 1. The minimum atomic E-state index is -3.66. The molecule has 3 heterocycles. The molecule has 0 bridgehead atoms. The number of aromatic nitrogens is 4. The third-order valence-corrected chi connectivity index (χ3v) is 5.90. The van der Waals surface area contributed by atoms with Crippen LogP contribution in [0.5, 0.6) is 0 Å². The lowest BCUT2D eigenvalue weighted by Crippen LogP contribution is -2.49. The van der Waals surface area contributed by atoms with E-state index in [1.165, 1.54) is 4.31 Å². The smallest absolute Gasteiger partial charge is 0.262 e. The zero-order valence-electron chi connectivity index (χ0n) is 14.7. The zero-order valence-corrected chi connectivity index (χ0v) is 16.3. The second kappa shape index (κ2) is 7.86. The van der Waals surface area contributed by atoms with Gasteiger partial charge in [0.2, 0.25) is 0 Å². The molecule has 1 saturated heterocycles. The Hall–Kier alpha value is -1.42. The van der Waals surface area contributed by atoms with Gasteiger partial charge in [-0.15, -0.1) is 12.4 Å². The van der Waals surface area contributed by atoms with Crippen molar-refractivity contribution in [2.24, 2.45) is 13.0 Å². The largest absolute Gasteiger partial charge is 0.337 e. The SMILES string of the molecule is CC(C)Cn1cnc(S(=O)(=O)N2CCNCC2c2nccn2C)c1.Cl. The Balaban J connectivity index is 0.00000225. The number of rotatable bonds is 5. The van der Waals surface area contributed by atoms with Gasteiger partial charge in [0.25, 0.3) is 10.0 Å². The molecule has 1 unspecified atom stereocenters. The second-order valence-corrected chi connectivity index (χ2v) is 8.37. The lowest BCUT2D eigenvalue weighted by Gasteiger charge is -2.34. The Kier molecular flexibility index (Phi) is 6.26. The summed E-state index contributed by atoms with van der Waals surface area (Å²) in [6.07, 6.45) is 6.72. The fourth-order valence-electron chi connectivity index (χ4n) is 3.01. The first-order chi connectivity index (χ1) is 11.4. The van der Waals surface area contributed by atoms with Gasteiger partial charge in [-0.05, 0) is 5.92 Å². The Labute approximate surface area is 154 Å². The Morgan fingerprint density at radius 1 is 1.36 bits per heavy atom. The normalized spacial score (nSPS) is 19.1. The predicted octanol–water partition coefficient (Wildman–Crippen LogP) is 1.03. The van der Waals surface area contributed by atoms with Crippen LogP contribution in [0.15, 0.2) is 29.9 Å². The van der Waals surface area contributed by atoms with E-state index in [-0.39, 0.29) is 23.5 Å². The molecule has 25 heavy (non-hydrogen) atoms. The predicted molar refractivity (Wildman–Crippen MR) is 97.0 cm³/mol. The van der Waals surface area contributed by atoms with Crippen molar-refractivity contribution in [3.8, 4) is 0 Å². The molecular weight excluding hydrogens is 364 g/mol. The van der Waals surface area contributed by atoms with Crippen LogP contribution >= 0.6 is 12.4 Å². The Morgan fingerprint density at radius 3 is 2.76 bits per heavy atom. The molecule has 1 atom stereocenters. The summed E-state index contributed by atoms with van der Waals surface area (Å²) in [5.74, 6) is 1.15. The van der Waals surface area contributed by atoms with Crippen molar-refractivity contribution in [3.63, 3.8) is 0 Å². The first-order valence-electron chi connectivity index (χ1n) is 8.11. The topological polar surface area (TPSA) is 85.1 Å². The molecule has 1 aliphatic heterocycles. The first-order valence-corrected chi connectivity index (χ1v) is 9.55. The van der Waals surface area contributed by atoms with Gasteiger partial charge in [-0.3, -0.25) is 0 Å². The summed E-state index contributed by atoms with van der Waals surface area (Å²) >= 11 is 0. The molecule has 0 radical (unpaired) electrons. The molecule has 8 nitrogen and oxygen atoms in total. The van der Waals surface area contributed by atoms with Crippen LogP contribution in [0.4, 0.5) is 0 Å². The highest BCUT2D eigenvalue weighted by atomic mass is 35.5. The van der Waals surface area contributed by atoms with E-state index in [0.717, 1.165) is 12.4 Å². The number of nitrogens with zero attached hydrogens (tertiary/aromatic N) is 5. The highest BCUT2D eigenvalue weighted by Crippen LogP contribution is 2.27. The second-order valence-electron chi connectivity index (χ2n) is 6.53. The standard InChI is InChI=1S/C15H24N6O2S.ClH/c1-12(2)9-20-10-14(18-11-20)24(22,23)21-7-4-16-8-13(21)15-17-5-6-19(15)3;/h5-6,10-13,16H,4,7-9H2,1-3H3;1H. The van der Waals surface area contributed by atoms with E-state index in [9.17, 15) is 8.42 Å². The summed E-state index contributed by atoms with van der Waals surface area (Å²) in [4.78, 5) is 8.47. The average molecular weight is 389 g/mol. The van der Waals surface area contributed by atoms with Gasteiger partial charge in [0, 0.05) is 51.8 Å². The van der Waals surface area contributed by atoms with E-state index in [4.69, 9.17) is 0 Å². The van der Waals surface area contributed by atoms with Crippen LogP contribution in [0, 0.1) is 5.92 Å². The Bertz CT molecular complexity index is 801. The van der Waals surface area contributed by atoms with Crippen molar-refractivity contribution in [2.45, 2.75) is 31.5 Å². The van der Waals surface area contributed by atoms with Gasteiger partial charge in [0.1, 0.15) is 5.82 Å². The number of imidazole rings is 2. The molecule has 2 aromatic heterocycles. The molecule has 3 rings (SSSR count). The van der Waals surface area contributed by atoms with Crippen LogP contribution < -0.4 is 5.32 Å². The monoisotopic (exact) mass is 388 g/mol. The summed E-state index contributed by atoms with van der Waals surface area (Å²) in [7, 11) is -1.79. The molecule has 1 N–H and O–H groups in total. The van der Waals surface area contributed by atoms with Crippen LogP contribution in [0.25, 0.3) is 0 Å². The van der Waals surface area contributed by atoms with E-state index in [0.29, 0.717) is 25.6 Å². The first kappa shape index (κ1) is 19.9. The highest BCUT2D eigenvalue weighted by Gasteiger charge is 2.37. The van der Waals surface area contributed by atoms with Crippen LogP contribution in [0.2, 0.25) is 0 Å². The fraction of sp³-hybridized carbons (Fsp3) is 0.600. The molecule has 140 valence electrons. The minimum Gasteiger partial charge on any atom is -0.337 e. The number of hydrogen-bond acceptors (Lipinski definition) is 5. The molecule has 0 spiro atoms. The summed E-state index contributed by atoms with van der Waals surface area (Å²) in [6, 6.07) is -0.334. The van der Waals surface area contributed by atoms with Crippen LogP contribution in [0.1, 0.15) is 25.7 Å². The molecule has 0 saturated carbocycles. The van der Waals surface area contributed by atoms with E-state index in [2.05, 4.69) is 29.1 Å². The number of aryl methyl sites for hydroxylation is 1. The van der Waals surface area contributed by atoms with E-state index in [1.54, 1.807) is 18.7 Å². The molecular formula is C15H25ClN6O2S. The maximum atomic E-state index is 13.1. The van der Waals surface area contributed by atoms with Crippen molar-refractivity contribution >= 4 is 22.4 Å². The molecule has 10 heteroatoms. The van der Waals surface area contributed by atoms with Gasteiger partial charge in [-0.1, -0.05) is 13.8 Å². The molecule has 1 aliphatic rings. The lowest BCUT2D eigenvalue weighted by molar-refractivity contribution is 0.257. The zero-order chi connectivity index (χ0) is 17.3. The highest BCUT2D eigenvalue weighted by molar-refractivity contribution is 7.89. The molecule has 2 aromatic rings. The number of nitrogens with one attached hydrogen (secondary N) is 1. The van der Waals surface area contributed by atoms with Gasteiger partial charge < -0.3 is 14.5 Å². The van der Waals surface area contributed by atoms with Crippen molar-refractivity contribution < 1.29 is 8.42 Å². The van der Waals surface area contributed by atoms with Gasteiger partial charge in [0.15, 0.2) is 5.03 Å². The number of hydrogen-bond donors (Lipinski definition) is 1. The molecule has 0 aromatic carbocycles.